The molecule has 0 saturated carbocycles. The molecule has 0 fully saturated rings. The van der Waals surface area contributed by atoms with Crippen LogP contribution in [0, 0.1) is 0 Å². The zero-order chi connectivity index (χ0) is 39.2. The Labute approximate surface area is 335 Å². The molecule has 304 valence electrons. The van der Waals surface area contributed by atoms with Crippen molar-refractivity contribution in [2.24, 2.45) is 7.05 Å². The average molecular weight is 756 g/mol. The highest BCUT2D eigenvalue weighted by molar-refractivity contribution is 6.10. The molecule has 1 aromatic heterocycles. The predicted molar refractivity (Wildman–Crippen MR) is 228 cm³/mol. The molecule has 55 heavy (non-hydrogen) atoms. The summed E-state index contributed by atoms with van der Waals surface area (Å²) in [6.07, 6.45) is 32.9. The van der Waals surface area contributed by atoms with E-state index in [1.54, 1.807) is 24.3 Å². The monoisotopic (exact) mass is 756 g/mol. The van der Waals surface area contributed by atoms with E-state index in [-0.39, 0.29) is 18.4 Å². The molecule has 0 aliphatic rings. The summed E-state index contributed by atoms with van der Waals surface area (Å²) in [6.45, 7) is 5.88. The number of pyridine rings is 1. The highest BCUT2D eigenvalue weighted by Crippen LogP contribution is 2.30. The molecule has 0 aliphatic heterocycles. The zero-order valence-electron chi connectivity index (χ0n) is 35.0. The van der Waals surface area contributed by atoms with Gasteiger partial charge in [0.1, 0.15) is 13.6 Å². The van der Waals surface area contributed by atoms with Crippen molar-refractivity contribution >= 4 is 11.8 Å². The molecule has 0 aliphatic carbocycles. The molecule has 0 unspecified atom stereocenters. The topological polar surface area (TPSA) is 59.7 Å². The number of ether oxygens (including phenoxy) is 2. The second-order valence-corrected chi connectivity index (χ2v) is 15.5. The Morgan fingerprint density at radius 3 is 1.42 bits per heavy atom. The number of imide groups is 1. The van der Waals surface area contributed by atoms with Gasteiger partial charge in [-0.25, -0.2) is 4.57 Å². The molecule has 6 heteroatoms. The summed E-state index contributed by atoms with van der Waals surface area (Å²) in [5, 5.41) is 0. The number of unbranched alkanes of at least 4 members (excludes halogenated alkanes) is 22. The third kappa shape index (κ3) is 19.2. The Hall–Kier alpha value is -3.67. The van der Waals surface area contributed by atoms with Gasteiger partial charge in [0.2, 0.25) is 5.69 Å². The first-order valence-electron chi connectivity index (χ1n) is 22.3. The van der Waals surface area contributed by atoms with Gasteiger partial charge >= 0.3 is 0 Å². The average Bonchev–Trinajstić information content (AvgIpc) is 3.21. The molecule has 0 saturated heterocycles. The highest BCUT2D eigenvalue weighted by Gasteiger charge is 2.28. The lowest BCUT2D eigenvalue weighted by Crippen LogP contribution is -2.42. The van der Waals surface area contributed by atoms with Crippen LogP contribution in [0.3, 0.4) is 0 Å². The van der Waals surface area contributed by atoms with Crippen molar-refractivity contribution in [2.45, 2.75) is 174 Å². The van der Waals surface area contributed by atoms with Crippen LogP contribution in [-0.2, 0) is 13.6 Å². The maximum absolute atomic E-state index is 14.2. The summed E-state index contributed by atoms with van der Waals surface area (Å²) in [6, 6.07) is 20.2. The molecule has 3 aromatic rings. The van der Waals surface area contributed by atoms with Crippen LogP contribution < -0.4 is 14.0 Å². The van der Waals surface area contributed by atoms with Crippen LogP contribution in [0.25, 0.3) is 0 Å². The first kappa shape index (κ1) is 45.7. The predicted octanol–water partition coefficient (Wildman–Crippen LogP) is 13.2. The fourth-order valence-electron chi connectivity index (χ4n) is 7.14. The van der Waals surface area contributed by atoms with Crippen LogP contribution in [0.4, 0.5) is 0 Å². The van der Waals surface area contributed by atoms with Gasteiger partial charge in [0.05, 0.1) is 13.2 Å². The molecule has 6 nitrogen and oxygen atoms in total. The van der Waals surface area contributed by atoms with Gasteiger partial charge in [-0.2, -0.15) is 0 Å². The summed E-state index contributed by atoms with van der Waals surface area (Å²) < 4.78 is 14.6. The van der Waals surface area contributed by atoms with Crippen LogP contribution in [0.1, 0.15) is 194 Å². The molecule has 0 bridgehead atoms. The number of aryl methyl sites for hydroxylation is 1. The van der Waals surface area contributed by atoms with Gasteiger partial charge in [-0.15, -0.1) is 0 Å². The van der Waals surface area contributed by atoms with E-state index in [1.807, 2.05) is 60.3 Å². The Morgan fingerprint density at radius 2 is 0.927 bits per heavy atom. The van der Waals surface area contributed by atoms with Gasteiger partial charge in [0.25, 0.3) is 11.8 Å². The summed E-state index contributed by atoms with van der Waals surface area (Å²) in [5.41, 5.74) is 1.73. The number of nitrogens with zero attached hydrogens (tertiary/aromatic N) is 2. The first-order valence-corrected chi connectivity index (χ1v) is 22.3. The number of carbonyl (C=O) groups is 2. The van der Waals surface area contributed by atoms with Gasteiger partial charge in [-0.3, -0.25) is 14.5 Å². The van der Waals surface area contributed by atoms with Crippen LogP contribution in [-0.4, -0.2) is 29.9 Å². The molecular formula is C49H75N2O4+. The van der Waals surface area contributed by atoms with Crippen molar-refractivity contribution in [1.29, 1.82) is 0 Å². The highest BCUT2D eigenvalue weighted by atomic mass is 16.5. The van der Waals surface area contributed by atoms with Gasteiger partial charge in [0, 0.05) is 23.3 Å². The van der Waals surface area contributed by atoms with E-state index < -0.39 is 0 Å². The smallest absolute Gasteiger partial charge is 0.261 e. The van der Waals surface area contributed by atoms with Gasteiger partial charge in [0.15, 0.2) is 17.7 Å². The molecule has 0 atom stereocenters. The van der Waals surface area contributed by atoms with E-state index >= 15 is 0 Å². The number of carbonyl (C=O) groups excluding carboxylic acids is 2. The standard InChI is InChI=1S/C49H75N2O4/c1-4-6-8-10-12-14-16-18-20-22-24-31-39-54-46-37-36-44(41-47(46)55-40-32-25-23-21-19-17-15-13-11-9-7-5-2)49(53)51(42-45-35-29-30-38-50(45)3)48(52)43-33-27-26-28-34-43/h26-30,33-38,41H,4-25,31-32,39-40,42H2,1-3H3/q+1. The fraction of sp³-hybridized carbons (Fsp3) is 0.612. The van der Waals surface area contributed by atoms with Gasteiger partial charge in [-0.1, -0.05) is 179 Å². The summed E-state index contributed by atoms with van der Waals surface area (Å²) in [5.74, 6) is 0.542. The van der Waals surface area contributed by atoms with E-state index in [9.17, 15) is 9.59 Å². The van der Waals surface area contributed by atoms with Crippen molar-refractivity contribution in [3.8, 4) is 11.5 Å². The van der Waals surface area contributed by atoms with Crippen molar-refractivity contribution in [3.05, 3.63) is 89.7 Å². The summed E-state index contributed by atoms with van der Waals surface area (Å²) in [4.78, 5) is 29.4. The van der Waals surface area contributed by atoms with E-state index in [0.29, 0.717) is 35.8 Å². The van der Waals surface area contributed by atoms with Gasteiger partial charge < -0.3 is 9.47 Å². The zero-order valence-corrected chi connectivity index (χ0v) is 35.0. The lowest BCUT2D eigenvalue weighted by Gasteiger charge is -2.21. The Bertz CT molecular complexity index is 1440. The van der Waals surface area contributed by atoms with E-state index in [1.165, 1.54) is 133 Å². The minimum absolute atomic E-state index is 0.149. The molecule has 2 aromatic carbocycles. The second-order valence-electron chi connectivity index (χ2n) is 15.5. The maximum atomic E-state index is 14.2. The van der Waals surface area contributed by atoms with Crippen molar-refractivity contribution in [2.75, 3.05) is 13.2 Å². The van der Waals surface area contributed by atoms with Crippen LogP contribution in [0.2, 0.25) is 0 Å². The molecule has 1 heterocycles. The van der Waals surface area contributed by atoms with Crippen molar-refractivity contribution in [3.63, 3.8) is 0 Å². The number of benzene rings is 2. The first-order chi connectivity index (χ1) is 27.0. The Kier molecular flexibility index (Phi) is 24.6. The number of hydrogen-bond acceptors (Lipinski definition) is 4. The van der Waals surface area contributed by atoms with Gasteiger partial charge in [-0.05, 0) is 43.2 Å². The molecule has 3 rings (SSSR count). The lowest BCUT2D eigenvalue weighted by atomic mass is 10.1. The quantitative estimate of drug-likeness (QED) is 0.0362. The second kappa shape index (κ2) is 29.6. The van der Waals surface area contributed by atoms with Crippen molar-refractivity contribution in [1.82, 2.24) is 4.90 Å². The van der Waals surface area contributed by atoms with Crippen LogP contribution in [0.15, 0.2) is 72.9 Å². The number of rotatable bonds is 32. The van der Waals surface area contributed by atoms with E-state index in [4.69, 9.17) is 9.47 Å². The van der Waals surface area contributed by atoms with Crippen LogP contribution in [0.5, 0.6) is 11.5 Å². The Morgan fingerprint density at radius 1 is 0.491 bits per heavy atom. The minimum Gasteiger partial charge on any atom is -0.490 e. The summed E-state index contributed by atoms with van der Waals surface area (Å²) in [7, 11) is 1.93. The van der Waals surface area contributed by atoms with Crippen molar-refractivity contribution < 1.29 is 23.6 Å². The molecule has 0 spiro atoms. The lowest BCUT2D eigenvalue weighted by molar-refractivity contribution is -0.679. The number of hydrogen-bond donors (Lipinski definition) is 0. The largest absolute Gasteiger partial charge is 0.490 e. The maximum Gasteiger partial charge on any atom is 0.261 e. The van der Waals surface area contributed by atoms with E-state index in [0.717, 1.165) is 31.4 Å². The molecule has 0 radical (unpaired) electrons. The summed E-state index contributed by atoms with van der Waals surface area (Å²) >= 11 is 0. The number of aromatic nitrogens is 1. The Balaban J connectivity index is 1.58. The molecule has 0 N–H and O–H groups in total. The SMILES string of the molecule is CCCCCCCCCCCCCCOc1ccc(C(=O)N(Cc2cccc[n+]2C)C(=O)c2ccccc2)cc1OCCCCCCCCCCCCCC. The molecule has 2 amide bonds. The fourth-order valence-corrected chi connectivity index (χ4v) is 7.14. The number of amides is 2. The normalized spacial score (nSPS) is 11.1. The van der Waals surface area contributed by atoms with Crippen LogP contribution >= 0.6 is 0 Å². The molecular weight excluding hydrogens is 681 g/mol. The third-order valence-corrected chi connectivity index (χ3v) is 10.7. The van der Waals surface area contributed by atoms with E-state index in [2.05, 4.69) is 13.8 Å². The minimum atomic E-state index is -0.361. The third-order valence-electron chi connectivity index (χ3n) is 10.7.